The van der Waals surface area contributed by atoms with Crippen molar-refractivity contribution in [3.63, 3.8) is 0 Å². The Kier molecular flexibility index (Phi) is 1.71. The van der Waals surface area contributed by atoms with Crippen LogP contribution >= 0.6 is 15.9 Å². The molecule has 72 valence electrons. The van der Waals surface area contributed by atoms with Crippen molar-refractivity contribution in [3.05, 3.63) is 34.3 Å². The number of hydrogen-bond acceptors (Lipinski definition) is 1. The van der Waals surface area contributed by atoms with Crippen molar-refractivity contribution in [2.24, 2.45) is 0 Å². The highest BCUT2D eigenvalue weighted by Crippen LogP contribution is 2.40. The first-order chi connectivity index (χ1) is 6.75. The molecule has 0 aromatic carbocycles. The molecule has 3 rings (SSSR count). The third-order valence-corrected chi connectivity index (χ3v) is 3.22. The van der Waals surface area contributed by atoms with Gasteiger partial charge in [0.05, 0.1) is 11.2 Å². The minimum Gasteiger partial charge on any atom is -0.302 e. The van der Waals surface area contributed by atoms with Gasteiger partial charge in [-0.15, -0.1) is 0 Å². The molecule has 14 heavy (non-hydrogen) atoms. The van der Waals surface area contributed by atoms with Crippen molar-refractivity contribution in [1.82, 2.24) is 9.38 Å². The molecule has 0 spiro atoms. The van der Waals surface area contributed by atoms with Gasteiger partial charge in [-0.3, -0.25) is 0 Å². The number of nitrogens with zero attached hydrogens (tertiary/aromatic N) is 2. The molecule has 2 heterocycles. The molecule has 2 aromatic heterocycles. The lowest BCUT2D eigenvalue weighted by atomic mass is 10.3. The lowest BCUT2D eigenvalue weighted by molar-refractivity contribution is 0.914. The average molecular weight is 251 g/mol. The van der Waals surface area contributed by atoms with Gasteiger partial charge in [0.15, 0.2) is 0 Å². The minimum atomic E-state index is 0.700. The van der Waals surface area contributed by atoms with Gasteiger partial charge in [-0.25, -0.2) is 4.98 Å². The highest BCUT2D eigenvalue weighted by molar-refractivity contribution is 9.10. The average Bonchev–Trinajstić information content (AvgIpc) is 2.93. The van der Waals surface area contributed by atoms with Gasteiger partial charge >= 0.3 is 0 Å². The number of imidazole rings is 1. The molecule has 1 saturated carbocycles. The Morgan fingerprint density at radius 1 is 1.43 bits per heavy atom. The minimum absolute atomic E-state index is 0.700. The zero-order chi connectivity index (χ0) is 9.71. The molecule has 3 heteroatoms. The first kappa shape index (κ1) is 8.48. The molecule has 1 aliphatic carbocycles. The number of pyridine rings is 1. The van der Waals surface area contributed by atoms with E-state index in [1.165, 1.54) is 24.2 Å². The van der Waals surface area contributed by atoms with Crippen molar-refractivity contribution >= 4 is 21.4 Å². The van der Waals surface area contributed by atoms with E-state index >= 15 is 0 Å². The quantitative estimate of drug-likeness (QED) is 0.760. The van der Waals surface area contributed by atoms with E-state index in [0.717, 1.165) is 10.2 Å². The van der Waals surface area contributed by atoms with Gasteiger partial charge in [-0.05, 0) is 47.8 Å². The molecule has 0 unspecified atom stereocenters. The second kappa shape index (κ2) is 2.83. The van der Waals surface area contributed by atoms with E-state index in [1.807, 2.05) is 0 Å². The van der Waals surface area contributed by atoms with Gasteiger partial charge in [-0.2, -0.15) is 0 Å². The first-order valence-electron chi connectivity index (χ1n) is 4.90. The van der Waals surface area contributed by atoms with E-state index in [1.54, 1.807) is 0 Å². The summed E-state index contributed by atoms with van der Waals surface area (Å²) in [6.07, 6.45) is 4.71. The summed E-state index contributed by atoms with van der Waals surface area (Å²) in [5.74, 6) is 1.93. The van der Waals surface area contributed by atoms with Crippen LogP contribution in [0.3, 0.4) is 0 Å². The zero-order valence-corrected chi connectivity index (χ0v) is 9.58. The second-order valence-electron chi connectivity index (χ2n) is 3.93. The Hall–Kier alpha value is -0.830. The van der Waals surface area contributed by atoms with Crippen LogP contribution in [0.2, 0.25) is 0 Å². The van der Waals surface area contributed by atoms with Crippen LogP contribution in [0.1, 0.15) is 30.3 Å². The first-order valence-corrected chi connectivity index (χ1v) is 5.69. The van der Waals surface area contributed by atoms with E-state index in [4.69, 9.17) is 0 Å². The number of aromatic nitrogens is 2. The lowest BCUT2D eigenvalue weighted by Gasteiger charge is -1.99. The van der Waals surface area contributed by atoms with E-state index < -0.39 is 0 Å². The Bertz CT molecular complexity index is 497. The summed E-state index contributed by atoms with van der Waals surface area (Å²) >= 11 is 3.50. The summed E-state index contributed by atoms with van der Waals surface area (Å²) in [7, 11) is 0. The van der Waals surface area contributed by atoms with Gasteiger partial charge < -0.3 is 4.40 Å². The van der Waals surface area contributed by atoms with Gasteiger partial charge in [0.1, 0.15) is 5.82 Å². The molecule has 1 aliphatic rings. The van der Waals surface area contributed by atoms with Gasteiger partial charge in [0, 0.05) is 16.6 Å². The SMILES string of the molecule is Cc1nc(C2CC2)n2cc(Br)ccc12. The highest BCUT2D eigenvalue weighted by Gasteiger charge is 2.28. The molecule has 0 amide bonds. The second-order valence-corrected chi connectivity index (χ2v) is 4.85. The van der Waals surface area contributed by atoms with E-state index in [0.29, 0.717) is 5.92 Å². The Morgan fingerprint density at radius 3 is 2.93 bits per heavy atom. The van der Waals surface area contributed by atoms with Crippen molar-refractivity contribution in [1.29, 1.82) is 0 Å². The molecular weight excluding hydrogens is 240 g/mol. The molecular formula is C11H11BrN2. The molecule has 2 aromatic rings. The fourth-order valence-corrected chi connectivity index (χ4v) is 2.21. The van der Waals surface area contributed by atoms with E-state index in [-0.39, 0.29) is 0 Å². The van der Waals surface area contributed by atoms with Crippen LogP contribution < -0.4 is 0 Å². The summed E-state index contributed by atoms with van der Waals surface area (Å²) in [6, 6.07) is 4.19. The number of fused-ring (bicyclic) bond motifs is 1. The van der Waals surface area contributed by atoms with E-state index in [9.17, 15) is 0 Å². The van der Waals surface area contributed by atoms with Crippen LogP contribution in [-0.2, 0) is 0 Å². The van der Waals surface area contributed by atoms with Crippen molar-refractivity contribution in [3.8, 4) is 0 Å². The Balaban J connectivity index is 2.33. The summed E-state index contributed by atoms with van der Waals surface area (Å²) in [5, 5.41) is 0. The monoisotopic (exact) mass is 250 g/mol. The molecule has 0 atom stereocenters. The maximum absolute atomic E-state index is 4.64. The smallest absolute Gasteiger partial charge is 0.116 e. The fraction of sp³-hybridized carbons (Fsp3) is 0.364. The largest absolute Gasteiger partial charge is 0.302 e. The molecule has 0 aliphatic heterocycles. The highest BCUT2D eigenvalue weighted by atomic mass is 79.9. The number of halogens is 1. The Morgan fingerprint density at radius 2 is 2.21 bits per heavy atom. The van der Waals surface area contributed by atoms with Crippen molar-refractivity contribution < 1.29 is 0 Å². The predicted octanol–water partition coefficient (Wildman–Crippen LogP) is 3.28. The molecule has 1 fully saturated rings. The third kappa shape index (κ3) is 1.19. The molecule has 0 radical (unpaired) electrons. The summed E-state index contributed by atoms with van der Waals surface area (Å²) < 4.78 is 3.33. The predicted molar refractivity (Wildman–Crippen MR) is 59.6 cm³/mol. The number of hydrogen-bond donors (Lipinski definition) is 0. The van der Waals surface area contributed by atoms with Crippen molar-refractivity contribution in [2.45, 2.75) is 25.7 Å². The summed E-state index contributed by atoms with van der Waals surface area (Å²) in [6.45, 7) is 2.08. The van der Waals surface area contributed by atoms with Crippen molar-refractivity contribution in [2.75, 3.05) is 0 Å². The topological polar surface area (TPSA) is 17.3 Å². The maximum Gasteiger partial charge on any atom is 0.116 e. The Labute approximate surface area is 91.1 Å². The van der Waals surface area contributed by atoms with Crippen LogP contribution in [0.25, 0.3) is 5.52 Å². The summed E-state index contributed by atoms with van der Waals surface area (Å²) in [4.78, 5) is 4.64. The molecule has 0 N–H and O–H groups in total. The maximum atomic E-state index is 4.64. The van der Waals surface area contributed by atoms with Gasteiger partial charge in [0.2, 0.25) is 0 Å². The van der Waals surface area contributed by atoms with Crippen LogP contribution in [0.4, 0.5) is 0 Å². The molecule has 2 nitrogen and oxygen atoms in total. The summed E-state index contributed by atoms with van der Waals surface area (Å²) in [5.41, 5.74) is 2.37. The van der Waals surface area contributed by atoms with Crippen LogP contribution in [-0.4, -0.2) is 9.38 Å². The van der Waals surface area contributed by atoms with Gasteiger partial charge in [0.25, 0.3) is 0 Å². The fourth-order valence-electron chi connectivity index (χ4n) is 1.87. The number of rotatable bonds is 1. The normalized spacial score (nSPS) is 16.4. The van der Waals surface area contributed by atoms with E-state index in [2.05, 4.69) is 50.6 Å². The lowest BCUT2D eigenvalue weighted by Crippen LogP contribution is -1.91. The van der Waals surface area contributed by atoms with Crippen LogP contribution in [0.15, 0.2) is 22.8 Å². The zero-order valence-electron chi connectivity index (χ0n) is 8.00. The third-order valence-electron chi connectivity index (χ3n) is 2.75. The van der Waals surface area contributed by atoms with Gasteiger partial charge in [-0.1, -0.05) is 0 Å². The van der Waals surface area contributed by atoms with Crippen LogP contribution in [0, 0.1) is 6.92 Å². The van der Waals surface area contributed by atoms with Crippen LogP contribution in [0.5, 0.6) is 0 Å². The number of aryl methyl sites for hydroxylation is 1. The molecule has 0 saturated heterocycles. The standard InChI is InChI=1S/C11H11BrN2/c1-7-10-5-4-9(12)6-14(10)11(13-7)8-2-3-8/h4-6,8H,2-3H2,1H3. The molecule has 0 bridgehead atoms.